The Morgan fingerprint density at radius 3 is 3.11 bits per heavy atom. The van der Waals surface area contributed by atoms with E-state index in [0.29, 0.717) is 18.1 Å². The first-order valence-electron chi connectivity index (χ1n) is 5.52. The lowest BCUT2D eigenvalue weighted by molar-refractivity contribution is 0.402. The molecule has 3 aromatic heterocycles. The van der Waals surface area contributed by atoms with Crippen LogP contribution in [0.5, 0.6) is 5.88 Å². The number of fused-ring (bicyclic) bond motifs is 1. The van der Waals surface area contributed by atoms with Gasteiger partial charge in [0, 0.05) is 18.0 Å². The van der Waals surface area contributed by atoms with Gasteiger partial charge in [0.2, 0.25) is 5.88 Å². The van der Waals surface area contributed by atoms with Crippen molar-refractivity contribution in [3.05, 3.63) is 23.1 Å². The molecule has 0 aliphatic carbocycles. The first kappa shape index (κ1) is 11.8. The summed E-state index contributed by atoms with van der Waals surface area (Å²) in [7, 11) is 3.56. The number of rotatable bonds is 4. The standard InChI is InChI=1S/C10H11N7OS/c1-16(6-7-5-10(18-2)13-19-7)9-4-3-8-11-14-15-17(8)12-9/h3-5H,6H2,1-2H3. The summed E-state index contributed by atoms with van der Waals surface area (Å²) in [5.41, 5.74) is 0.622. The number of aromatic nitrogens is 6. The summed E-state index contributed by atoms with van der Waals surface area (Å²) in [6.45, 7) is 0.696. The Bertz CT molecular complexity index is 694. The average Bonchev–Trinajstić information content (AvgIpc) is 3.05. The normalized spacial score (nSPS) is 10.8. The van der Waals surface area contributed by atoms with E-state index in [2.05, 4.69) is 25.0 Å². The summed E-state index contributed by atoms with van der Waals surface area (Å²) < 4.78 is 10.6. The Labute approximate surface area is 112 Å². The second-order valence-electron chi connectivity index (χ2n) is 3.91. The van der Waals surface area contributed by atoms with Crippen molar-refractivity contribution < 1.29 is 4.74 Å². The SMILES string of the molecule is COc1cc(CN(C)c2ccc3nnnn3n2)sn1. The highest BCUT2D eigenvalue weighted by Gasteiger charge is 2.09. The third-order valence-corrected chi connectivity index (χ3v) is 3.34. The van der Waals surface area contributed by atoms with Crippen LogP contribution < -0.4 is 9.64 Å². The van der Waals surface area contributed by atoms with Gasteiger partial charge < -0.3 is 9.64 Å². The van der Waals surface area contributed by atoms with Crippen LogP contribution in [0.15, 0.2) is 18.2 Å². The van der Waals surface area contributed by atoms with Crippen molar-refractivity contribution in [2.75, 3.05) is 19.1 Å². The Morgan fingerprint density at radius 1 is 1.42 bits per heavy atom. The molecule has 19 heavy (non-hydrogen) atoms. The van der Waals surface area contributed by atoms with E-state index >= 15 is 0 Å². The Morgan fingerprint density at radius 2 is 2.32 bits per heavy atom. The van der Waals surface area contributed by atoms with Gasteiger partial charge in [-0.05, 0) is 34.1 Å². The van der Waals surface area contributed by atoms with Crippen LogP contribution in [0, 0.1) is 0 Å². The highest BCUT2D eigenvalue weighted by atomic mass is 32.1. The van der Waals surface area contributed by atoms with Crippen LogP contribution in [0.25, 0.3) is 5.65 Å². The first-order valence-corrected chi connectivity index (χ1v) is 6.30. The third-order valence-electron chi connectivity index (χ3n) is 2.59. The zero-order valence-corrected chi connectivity index (χ0v) is 11.2. The van der Waals surface area contributed by atoms with E-state index in [1.807, 2.05) is 30.1 Å². The minimum absolute atomic E-state index is 0.622. The summed E-state index contributed by atoms with van der Waals surface area (Å²) in [6.07, 6.45) is 0. The maximum atomic E-state index is 5.06. The zero-order valence-electron chi connectivity index (χ0n) is 10.4. The fraction of sp³-hybridized carbons (Fsp3) is 0.300. The van der Waals surface area contributed by atoms with Gasteiger partial charge in [0.15, 0.2) is 11.5 Å². The van der Waals surface area contributed by atoms with Crippen LogP contribution in [-0.2, 0) is 6.54 Å². The minimum Gasteiger partial charge on any atom is -0.480 e. The summed E-state index contributed by atoms with van der Waals surface area (Å²) in [5, 5.41) is 15.5. The predicted octanol–water partition coefficient (Wildman–Crippen LogP) is 0.621. The number of tetrazole rings is 1. The number of hydrogen-bond acceptors (Lipinski definition) is 8. The fourth-order valence-electron chi connectivity index (χ4n) is 1.62. The molecule has 0 aliphatic rings. The third kappa shape index (κ3) is 2.32. The van der Waals surface area contributed by atoms with Gasteiger partial charge in [0.05, 0.1) is 13.7 Å². The van der Waals surface area contributed by atoms with Gasteiger partial charge >= 0.3 is 0 Å². The molecule has 0 saturated heterocycles. The molecule has 3 aromatic rings. The molecule has 8 nitrogen and oxygen atoms in total. The van der Waals surface area contributed by atoms with E-state index in [9.17, 15) is 0 Å². The molecule has 0 amide bonds. The molecule has 3 heterocycles. The molecule has 0 radical (unpaired) electrons. The molecule has 0 N–H and O–H groups in total. The van der Waals surface area contributed by atoms with E-state index in [4.69, 9.17) is 4.74 Å². The minimum atomic E-state index is 0.622. The van der Waals surface area contributed by atoms with Crippen LogP contribution in [0.3, 0.4) is 0 Å². The van der Waals surface area contributed by atoms with Crippen molar-refractivity contribution in [3.8, 4) is 5.88 Å². The molecule has 9 heteroatoms. The second-order valence-corrected chi connectivity index (χ2v) is 4.80. The van der Waals surface area contributed by atoms with Crippen molar-refractivity contribution in [3.63, 3.8) is 0 Å². The van der Waals surface area contributed by atoms with Crippen molar-refractivity contribution in [1.29, 1.82) is 0 Å². The van der Waals surface area contributed by atoms with Gasteiger partial charge in [-0.25, -0.2) is 0 Å². The molecule has 0 bridgehead atoms. The number of nitrogens with zero attached hydrogens (tertiary/aromatic N) is 7. The molecule has 3 rings (SSSR count). The van der Waals surface area contributed by atoms with Gasteiger partial charge in [0.25, 0.3) is 0 Å². The van der Waals surface area contributed by atoms with Crippen LogP contribution in [0.1, 0.15) is 4.88 Å². The van der Waals surface area contributed by atoms with Gasteiger partial charge in [-0.15, -0.1) is 14.8 Å². The maximum absolute atomic E-state index is 5.06. The summed E-state index contributed by atoms with van der Waals surface area (Å²) in [4.78, 5) is 3.09. The van der Waals surface area contributed by atoms with E-state index in [0.717, 1.165) is 10.7 Å². The summed E-state index contributed by atoms with van der Waals surface area (Å²) >= 11 is 1.41. The van der Waals surface area contributed by atoms with Crippen LogP contribution >= 0.6 is 11.5 Å². The quantitative estimate of drug-likeness (QED) is 0.691. The molecule has 0 atom stereocenters. The lowest BCUT2D eigenvalue weighted by Crippen LogP contribution is -2.18. The lowest BCUT2D eigenvalue weighted by atomic mass is 10.4. The van der Waals surface area contributed by atoms with Gasteiger partial charge in [-0.2, -0.15) is 4.37 Å². The Kier molecular flexibility index (Phi) is 2.95. The second kappa shape index (κ2) is 4.76. The number of anilines is 1. The largest absolute Gasteiger partial charge is 0.480 e. The Balaban J connectivity index is 1.80. The van der Waals surface area contributed by atoms with Gasteiger partial charge in [-0.1, -0.05) is 0 Å². The summed E-state index contributed by atoms with van der Waals surface area (Å²) in [6, 6.07) is 5.62. The van der Waals surface area contributed by atoms with Crippen LogP contribution in [-0.4, -0.2) is 43.8 Å². The highest BCUT2D eigenvalue weighted by Crippen LogP contribution is 2.19. The van der Waals surface area contributed by atoms with Crippen molar-refractivity contribution in [1.82, 2.24) is 29.6 Å². The van der Waals surface area contributed by atoms with E-state index < -0.39 is 0 Å². The van der Waals surface area contributed by atoms with Crippen molar-refractivity contribution >= 4 is 23.0 Å². The van der Waals surface area contributed by atoms with E-state index in [1.54, 1.807) is 7.11 Å². The molecule has 0 fully saturated rings. The smallest absolute Gasteiger partial charge is 0.225 e. The van der Waals surface area contributed by atoms with Crippen LogP contribution in [0.2, 0.25) is 0 Å². The first-order chi connectivity index (χ1) is 9.26. The Hall–Kier alpha value is -2.29. The molecular formula is C10H11N7OS. The van der Waals surface area contributed by atoms with Gasteiger partial charge in [-0.3, -0.25) is 0 Å². The molecular weight excluding hydrogens is 266 g/mol. The topological polar surface area (TPSA) is 81.3 Å². The van der Waals surface area contributed by atoms with E-state index in [-0.39, 0.29) is 0 Å². The molecule has 98 valence electrons. The van der Waals surface area contributed by atoms with Crippen molar-refractivity contribution in [2.24, 2.45) is 0 Å². The fourth-order valence-corrected chi connectivity index (χ4v) is 2.36. The molecule has 0 unspecified atom stereocenters. The number of ether oxygens (including phenoxy) is 1. The molecule has 0 spiro atoms. The predicted molar refractivity (Wildman–Crippen MR) is 69.4 cm³/mol. The molecule has 0 aliphatic heterocycles. The number of hydrogen-bond donors (Lipinski definition) is 0. The van der Waals surface area contributed by atoms with E-state index in [1.165, 1.54) is 16.2 Å². The zero-order chi connectivity index (χ0) is 13.2. The monoisotopic (exact) mass is 277 g/mol. The maximum Gasteiger partial charge on any atom is 0.225 e. The number of methoxy groups -OCH3 is 1. The lowest BCUT2D eigenvalue weighted by Gasteiger charge is -2.15. The van der Waals surface area contributed by atoms with Crippen LogP contribution in [0.4, 0.5) is 5.82 Å². The van der Waals surface area contributed by atoms with Crippen molar-refractivity contribution in [2.45, 2.75) is 6.54 Å². The highest BCUT2D eigenvalue weighted by molar-refractivity contribution is 7.05. The average molecular weight is 277 g/mol. The summed E-state index contributed by atoms with van der Waals surface area (Å²) in [5.74, 6) is 1.42. The molecule has 0 saturated carbocycles. The van der Waals surface area contributed by atoms with Gasteiger partial charge in [0.1, 0.15) is 0 Å². The molecule has 0 aromatic carbocycles.